The third-order valence-corrected chi connectivity index (χ3v) is 2.84. The van der Waals surface area contributed by atoms with Gasteiger partial charge in [-0.3, -0.25) is 9.59 Å². The number of carbonyl (C=O) groups is 2. The summed E-state index contributed by atoms with van der Waals surface area (Å²) in [5, 5.41) is 8.86. The van der Waals surface area contributed by atoms with Crippen LogP contribution < -0.4 is 5.73 Å². The van der Waals surface area contributed by atoms with Crippen LogP contribution in [0.3, 0.4) is 0 Å². The maximum absolute atomic E-state index is 11.7. The Kier molecular flexibility index (Phi) is 4.08. The number of piperidine rings is 1. The summed E-state index contributed by atoms with van der Waals surface area (Å²) in [6, 6.07) is -0.488. The molecule has 1 aliphatic heterocycles. The molecule has 5 heteroatoms. The third kappa shape index (κ3) is 2.92. The monoisotopic (exact) mass is 214 g/mol. The standard InChI is InChI=1S/C10H18N2O3/c1-2-8(11)9(13)12-5-3-4-7(6-12)10(14)15/h7-8H,2-6,11H2,1H3,(H,14,15)/t7-,8?/m0/s1. The van der Waals surface area contributed by atoms with Gasteiger partial charge >= 0.3 is 5.97 Å². The lowest BCUT2D eigenvalue weighted by molar-refractivity contribution is -0.146. The van der Waals surface area contributed by atoms with Crippen LogP contribution in [0.4, 0.5) is 0 Å². The number of carboxylic acids is 1. The Morgan fingerprint density at radius 2 is 2.27 bits per heavy atom. The Hall–Kier alpha value is -1.10. The van der Waals surface area contributed by atoms with Crippen LogP contribution in [0.15, 0.2) is 0 Å². The van der Waals surface area contributed by atoms with E-state index in [0.717, 1.165) is 6.42 Å². The van der Waals surface area contributed by atoms with Crippen LogP contribution in [0.1, 0.15) is 26.2 Å². The molecule has 1 amide bonds. The molecule has 1 unspecified atom stereocenters. The number of nitrogens with two attached hydrogens (primary N) is 1. The lowest BCUT2D eigenvalue weighted by atomic mass is 9.97. The fraction of sp³-hybridized carbons (Fsp3) is 0.800. The summed E-state index contributed by atoms with van der Waals surface area (Å²) in [5.41, 5.74) is 5.63. The van der Waals surface area contributed by atoms with Crippen LogP contribution in [0, 0.1) is 5.92 Å². The predicted molar refractivity (Wildman–Crippen MR) is 55.2 cm³/mol. The molecule has 1 heterocycles. The Morgan fingerprint density at radius 3 is 2.80 bits per heavy atom. The van der Waals surface area contributed by atoms with E-state index < -0.39 is 17.9 Å². The van der Waals surface area contributed by atoms with Crippen LogP contribution >= 0.6 is 0 Å². The molecule has 0 spiro atoms. The SMILES string of the molecule is CCC(N)C(=O)N1CCC[C@H](C(=O)O)C1. The minimum Gasteiger partial charge on any atom is -0.481 e. The van der Waals surface area contributed by atoms with E-state index >= 15 is 0 Å². The molecule has 86 valence electrons. The number of amides is 1. The van der Waals surface area contributed by atoms with Gasteiger partial charge < -0.3 is 15.7 Å². The van der Waals surface area contributed by atoms with Gasteiger partial charge in [-0.25, -0.2) is 0 Å². The van der Waals surface area contributed by atoms with Crippen molar-refractivity contribution < 1.29 is 14.7 Å². The summed E-state index contributed by atoms with van der Waals surface area (Å²) in [6.45, 7) is 2.79. The van der Waals surface area contributed by atoms with Gasteiger partial charge in [-0.1, -0.05) is 6.92 Å². The zero-order valence-corrected chi connectivity index (χ0v) is 8.98. The molecular weight excluding hydrogens is 196 g/mol. The second-order valence-corrected chi connectivity index (χ2v) is 3.98. The first-order chi connectivity index (χ1) is 7.06. The van der Waals surface area contributed by atoms with E-state index in [4.69, 9.17) is 10.8 Å². The molecule has 2 atom stereocenters. The first kappa shape index (κ1) is 12.0. The van der Waals surface area contributed by atoms with Crippen molar-refractivity contribution in [1.82, 2.24) is 4.90 Å². The van der Waals surface area contributed by atoms with E-state index in [9.17, 15) is 9.59 Å². The molecule has 0 aromatic carbocycles. The summed E-state index contributed by atoms with van der Waals surface area (Å²) >= 11 is 0. The van der Waals surface area contributed by atoms with Gasteiger partial charge in [0.05, 0.1) is 12.0 Å². The topological polar surface area (TPSA) is 83.6 Å². The largest absolute Gasteiger partial charge is 0.481 e. The molecule has 0 saturated carbocycles. The number of carbonyl (C=O) groups excluding carboxylic acids is 1. The van der Waals surface area contributed by atoms with E-state index in [1.54, 1.807) is 4.90 Å². The number of hydrogen-bond donors (Lipinski definition) is 2. The fourth-order valence-corrected chi connectivity index (χ4v) is 1.79. The number of rotatable bonds is 3. The van der Waals surface area contributed by atoms with Crippen LogP contribution in [-0.4, -0.2) is 41.0 Å². The Balaban J connectivity index is 2.56. The molecular formula is C10H18N2O3. The van der Waals surface area contributed by atoms with Gasteiger partial charge in [0.15, 0.2) is 0 Å². The lowest BCUT2D eigenvalue weighted by Crippen LogP contribution is -2.49. The lowest BCUT2D eigenvalue weighted by Gasteiger charge is -2.32. The van der Waals surface area contributed by atoms with Crippen molar-refractivity contribution >= 4 is 11.9 Å². The molecule has 15 heavy (non-hydrogen) atoms. The third-order valence-electron chi connectivity index (χ3n) is 2.84. The minimum atomic E-state index is -0.822. The highest BCUT2D eigenvalue weighted by Gasteiger charge is 2.29. The molecule has 0 aromatic heterocycles. The summed E-state index contributed by atoms with van der Waals surface area (Å²) in [5.74, 6) is -1.37. The van der Waals surface area contributed by atoms with Gasteiger partial charge in [-0.05, 0) is 19.3 Å². The number of likely N-dealkylation sites (tertiary alicyclic amines) is 1. The molecule has 1 aliphatic rings. The predicted octanol–water partition coefficient (Wildman–Crippen LogP) is 0.0469. The molecule has 1 rings (SSSR count). The van der Waals surface area contributed by atoms with Crippen molar-refractivity contribution in [3.05, 3.63) is 0 Å². The van der Waals surface area contributed by atoms with Gasteiger partial charge in [0.25, 0.3) is 0 Å². The van der Waals surface area contributed by atoms with Gasteiger partial charge in [0, 0.05) is 13.1 Å². The second kappa shape index (κ2) is 5.11. The van der Waals surface area contributed by atoms with Crippen LogP contribution in [0.25, 0.3) is 0 Å². The molecule has 0 bridgehead atoms. The molecule has 1 fully saturated rings. The van der Waals surface area contributed by atoms with E-state index in [2.05, 4.69) is 0 Å². The van der Waals surface area contributed by atoms with E-state index in [-0.39, 0.29) is 5.91 Å². The van der Waals surface area contributed by atoms with Crippen LogP contribution in [0.2, 0.25) is 0 Å². The zero-order chi connectivity index (χ0) is 11.4. The number of aliphatic carboxylic acids is 1. The average molecular weight is 214 g/mol. The van der Waals surface area contributed by atoms with Gasteiger partial charge in [-0.2, -0.15) is 0 Å². The molecule has 5 nitrogen and oxygen atoms in total. The normalized spacial score (nSPS) is 23.6. The van der Waals surface area contributed by atoms with Crippen LogP contribution in [0.5, 0.6) is 0 Å². The molecule has 0 radical (unpaired) electrons. The van der Waals surface area contributed by atoms with Gasteiger partial charge in [0.1, 0.15) is 0 Å². The zero-order valence-electron chi connectivity index (χ0n) is 8.98. The first-order valence-electron chi connectivity index (χ1n) is 5.33. The summed E-state index contributed by atoms with van der Waals surface area (Å²) < 4.78 is 0. The summed E-state index contributed by atoms with van der Waals surface area (Å²) in [7, 11) is 0. The Bertz CT molecular complexity index is 255. The van der Waals surface area contributed by atoms with Crippen molar-refractivity contribution in [3.63, 3.8) is 0 Å². The van der Waals surface area contributed by atoms with E-state index in [1.165, 1.54) is 0 Å². The highest BCUT2D eigenvalue weighted by Crippen LogP contribution is 2.17. The van der Waals surface area contributed by atoms with Crippen molar-refractivity contribution in [1.29, 1.82) is 0 Å². The number of hydrogen-bond acceptors (Lipinski definition) is 3. The van der Waals surface area contributed by atoms with Gasteiger partial charge in [0.2, 0.25) is 5.91 Å². The van der Waals surface area contributed by atoms with Crippen LogP contribution in [-0.2, 0) is 9.59 Å². The Morgan fingerprint density at radius 1 is 1.60 bits per heavy atom. The first-order valence-corrected chi connectivity index (χ1v) is 5.33. The number of nitrogens with zero attached hydrogens (tertiary/aromatic N) is 1. The molecule has 3 N–H and O–H groups in total. The van der Waals surface area contributed by atoms with Crippen molar-refractivity contribution in [3.8, 4) is 0 Å². The van der Waals surface area contributed by atoms with Crippen molar-refractivity contribution in [2.24, 2.45) is 11.7 Å². The maximum Gasteiger partial charge on any atom is 0.308 e. The second-order valence-electron chi connectivity index (χ2n) is 3.98. The molecule has 0 aromatic rings. The smallest absolute Gasteiger partial charge is 0.308 e. The minimum absolute atomic E-state index is 0.122. The van der Waals surface area contributed by atoms with Crippen molar-refractivity contribution in [2.75, 3.05) is 13.1 Å². The highest BCUT2D eigenvalue weighted by atomic mass is 16.4. The highest BCUT2D eigenvalue weighted by molar-refractivity contribution is 5.82. The van der Waals surface area contributed by atoms with Crippen molar-refractivity contribution in [2.45, 2.75) is 32.2 Å². The average Bonchev–Trinajstić information content (AvgIpc) is 2.27. The summed E-state index contributed by atoms with van der Waals surface area (Å²) in [4.78, 5) is 24.1. The quantitative estimate of drug-likeness (QED) is 0.695. The maximum atomic E-state index is 11.7. The molecule has 0 aliphatic carbocycles. The molecule has 1 saturated heterocycles. The van der Waals surface area contributed by atoms with Gasteiger partial charge in [-0.15, -0.1) is 0 Å². The summed E-state index contributed by atoms with van der Waals surface area (Å²) in [6.07, 6.45) is 1.99. The number of carboxylic acid groups (broad SMARTS) is 1. The van der Waals surface area contributed by atoms with E-state index in [1.807, 2.05) is 6.92 Å². The fourth-order valence-electron chi connectivity index (χ4n) is 1.79. The van der Waals surface area contributed by atoms with E-state index in [0.29, 0.717) is 25.9 Å². The Labute approximate surface area is 89.2 Å².